The highest BCUT2D eigenvalue weighted by Gasteiger charge is 2.18. The number of hydrogen-bond acceptors (Lipinski definition) is 2. The highest BCUT2D eigenvalue weighted by atomic mass is 16.3. The first kappa shape index (κ1) is 21.0. The average molecular weight is 411 g/mol. The third-order valence-corrected chi connectivity index (χ3v) is 6.33. The normalized spacial score (nSPS) is 11.4. The zero-order valence-electron chi connectivity index (χ0n) is 18.7. The molecule has 0 saturated carbocycles. The smallest absolute Gasteiger partial charge is 0.121 e. The van der Waals surface area contributed by atoms with E-state index in [0.717, 1.165) is 35.1 Å². The van der Waals surface area contributed by atoms with E-state index in [4.69, 9.17) is 0 Å². The number of aryl methyl sites for hydroxylation is 4. The maximum absolute atomic E-state index is 10.2. The maximum Gasteiger partial charge on any atom is 0.121 e. The van der Waals surface area contributed by atoms with Crippen LogP contribution in [0.3, 0.4) is 0 Å². The highest BCUT2D eigenvalue weighted by molar-refractivity contribution is 5.86. The summed E-state index contributed by atoms with van der Waals surface area (Å²) in [6.07, 6.45) is 1.77. The number of aromatic hydroxyl groups is 2. The van der Waals surface area contributed by atoms with E-state index in [1.54, 1.807) is 0 Å². The third kappa shape index (κ3) is 4.29. The van der Waals surface area contributed by atoms with Gasteiger partial charge in [0.25, 0.3) is 0 Å². The number of rotatable bonds is 5. The van der Waals surface area contributed by atoms with E-state index in [1.165, 1.54) is 27.5 Å². The first-order valence-corrected chi connectivity index (χ1v) is 10.9. The second kappa shape index (κ2) is 8.47. The minimum Gasteiger partial charge on any atom is -0.507 e. The van der Waals surface area contributed by atoms with Crippen LogP contribution in [0.15, 0.2) is 66.7 Å². The topological polar surface area (TPSA) is 40.5 Å². The van der Waals surface area contributed by atoms with Gasteiger partial charge in [0.05, 0.1) is 0 Å². The van der Waals surface area contributed by atoms with Crippen LogP contribution < -0.4 is 0 Å². The Balaban J connectivity index is 1.80. The van der Waals surface area contributed by atoms with Gasteiger partial charge in [0, 0.05) is 0 Å². The predicted molar refractivity (Wildman–Crippen MR) is 129 cm³/mol. The number of phenolic OH excluding ortho intramolecular Hbond substituents is 2. The molecule has 2 N–H and O–H groups in total. The Bertz CT molecular complexity index is 1140. The van der Waals surface area contributed by atoms with Gasteiger partial charge in [0.1, 0.15) is 11.5 Å². The molecule has 0 fully saturated rings. The minimum atomic E-state index is 0.276. The zero-order valence-corrected chi connectivity index (χ0v) is 18.7. The molecule has 0 unspecified atom stereocenters. The molecule has 0 atom stereocenters. The number of fused-ring (bicyclic) bond motifs is 1. The van der Waals surface area contributed by atoms with Crippen molar-refractivity contribution in [2.45, 2.75) is 46.5 Å². The lowest BCUT2D eigenvalue weighted by Gasteiger charge is -2.21. The Labute approximate surface area is 184 Å². The molecule has 4 rings (SSSR count). The average Bonchev–Trinajstić information content (AvgIpc) is 2.75. The molecule has 4 aromatic rings. The van der Waals surface area contributed by atoms with Gasteiger partial charge in [0.15, 0.2) is 0 Å². The predicted octanol–water partition coefficient (Wildman–Crippen LogP) is 7.05. The molecule has 0 heterocycles. The van der Waals surface area contributed by atoms with E-state index in [0.29, 0.717) is 11.5 Å². The third-order valence-electron chi connectivity index (χ3n) is 6.33. The number of hydrogen-bond donors (Lipinski definition) is 2. The Hall–Kier alpha value is -3.26. The van der Waals surface area contributed by atoms with Crippen molar-refractivity contribution in [3.63, 3.8) is 0 Å². The van der Waals surface area contributed by atoms with E-state index in [1.807, 2.05) is 27.7 Å². The lowest BCUT2D eigenvalue weighted by molar-refractivity contribution is 0.466. The fraction of sp³-hybridized carbons (Fsp3) is 0.241. The molecular weight excluding hydrogens is 380 g/mol. The van der Waals surface area contributed by atoms with Gasteiger partial charge in [-0.1, -0.05) is 66.7 Å². The van der Waals surface area contributed by atoms with Gasteiger partial charge in [-0.05, 0) is 96.2 Å². The van der Waals surface area contributed by atoms with Crippen molar-refractivity contribution in [1.29, 1.82) is 0 Å². The molecule has 0 radical (unpaired) electrons. The Kier molecular flexibility index (Phi) is 5.73. The van der Waals surface area contributed by atoms with Crippen LogP contribution in [-0.4, -0.2) is 10.2 Å². The summed E-state index contributed by atoms with van der Waals surface area (Å²) in [7, 11) is 0. The fourth-order valence-electron chi connectivity index (χ4n) is 4.79. The summed E-state index contributed by atoms with van der Waals surface area (Å²) in [4.78, 5) is 0. The fourth-order valence-corrected chi connectivity index (χ4v) is 4.79. The maximum atomic E-state index is 10.2. The van der Waals surface area contributed by atoms with Crippen LogP contribution in [0, 0.1) is 27.7 Å². The molecule has 0 bridgehead atoms. The van der Waals surface area contributed by atoms with Crippen molar-refractivity contribution in [2.75, 3.05) is 0 Å². The van der Waals surface area contributed by atoms with E-state index < -0.39 is 0 Å². The van der Waals surface area contributed by atoms with Crippen LogP contribution in [0.5, 0.6) is 11.5 Å². The molecular formula is C29H30O2. The van der Waals surface area contributed by atoms with Gasteiger partial charge in [0.2, 0.25) is 0 Å². The van der Waals surface area contributed by atoms with Crippen molar-refractivity contribution >= 4 is 10.8 Å². The second-order valence-corrected chi connectivity index (χ2v) is 8.83. The van der Waals surface area contributed by atoms with Crippen molar-refractivity contribution in [1.82, 2.24) is 0 Å². The lowest BCUT2D eigenvalue weighted by atomic mass is 9.83. The van der Waals surface area contributed by atoms with Crippen molar-refractivity contribution in [2.24, 2.45) is 0 Å². The van der Waals surface area contributed by atoms with E-state index >= 15 is 0 Å². The summed E-state index contributed by atoms with van der Waals surface area (Å²) in [6.45, 7) is 7.85. The van der Waals surface area contributed by atoms with Gasteiger partial charge in [-0.3, -0.25) is 0 Å². The molecule has 4 aromatic carbocycles. The number of benzene rings is 4. The van der Waals surface area contributed by atoms with Crippen molar-refractivity contribution in [3.8, 4) is 11.5 Å². The molecule has 0 aliphatic carbocycles. The standard InChI is InChI=1S/C29H30O2/c1-18-12-22(13-19(2)28(18)30)16-25(17-23-14-20(3)29(31)21(4)15-23)27-11-7-9-24-8-5-6-10-26(24)27/h5-15,25,30-31H,16-17H2,1-4H3. The first-order chi connectivity index (χ1) is 14.8. The second-order valence-electron chi connectivity index (χ2n) is 8.83. The molecule has 0 aromatic heterocycles. The zero-order chi connectivity index (χ0) is 22.1. The van der Waals surface area contributed by atoms with Gasteiger partial charge < -0.3 is 10.2 Å². The van der Waals surface area contributed by atoms with E-state index in [9.17, 15) is 10.2 Å². The summed E-state index contributed by atoms with van der Waals surface area (Å²) in [6, 6.07) is 23.5. The lowest BCUT2D eigenvalue weighted by Crippen LogP contribution is -2.09. The molecule has 2 heteroatoms. The monoisotopic (exact) mass is 410 g/mol. The summed E-state index contributed by atoms with van der Waals surface area (Å²) in [5, 5.41) is 23.0. The molecule has 31 heavy (non-hydrogen) atoms. The van der Waals surface area contributed by atoms with Crippen LogP contribution in [0.25, 0.3) is 10.8 Å². The van der Waals surface area contributed by atoms with Crippen molar-refractivity contribution < 1.29 is 10.2 Å². The minimum absolute atomic E-state index is 0.276. The van der Waals surface area contributed by atoms with E-state index in [-0.39, 0.29) is 5.92 Å². The molecule has 0 aliphatic heterocycles. The van der Waals surface area contributed by atoms with Crippen LogP contribution in [0.1, 0.15) is 44.9 Å². The molecule has 0 aliphatic rings. The van der Waals surface area contributed by atoms with Gasteiger partial charge in [-0.2, -0.15) is 0 Å². The summed E-state index contributed by atoms with van der Waals surface area (Å²) in [5.41, 5.74) is 7.48. The van der Waals surface area contributed by atoms with Crippen LogP contribution in [-0.2, 0) is 12.8 Å². The Morgan fingerprint density at radius 1 is 0.613 bits per heavy atom. The molecule has 0 spiro atoms. The highest BCUT2D eigenvalue weighted by Crippen LogP contribution is 2.34. The van der Waals surface area contributed by atoms with Crippen LogP contribution in [0.2, 0.25) is 0 Å². The van der Waals surface area contributed by atoms with Gasteiger partial charge in [-0.25, -0.2) is 0 Å². The van der Waals surface area contributed by atoms with Crippen LogP contribution in [0.4, 0.5) is 0 Å². The Morgan fingerprint density at radius 2 is 1.06 bits per heavy atom. The van der Waals surface area contributed by atoms with Gasteiger partial charge in [-0.15, -0.1) is 0 Å². The first-order valence-electron chi connectivity index (χ1n) is 10.9. The Morgan fingerprint density at radius 3 is 1.58 bits per heavy atom. The SMILES string of the molecule is Cc1cc(CC(Cc2cc(C)c(O)c(C)c2)c2cccc3ccccc23)cc(C)c1O. The summed E-state index contributed by atoms with van der Waals surface area (Å²) >= 11 is 0. The molecule has 0 amide bonds. The molecule has 2 nitrogen and oxygen atoms in total. The molecule has 0 saturated heterocycles. The van der Waals surface area contributed by atoms with E-state index in [2.05, 4.69) is 66.7 Å². The summed E-state index contributed by atoms with van der Waals surface area (Å²) < 4.78 is 0. The van der Waals surface area contributed by atoms with Gasteiger partial charge >= 0.3 is 0 Å². The number of phenols is 2. The summed E-state index contributed by atoms with van der Waals surface area (Å²) in [5.74, 6) is 1.04. The van der Waals surface area contributed by atoms with Crippen molar-refractivity contribution in [3.05, 3.63) is 106 Å². The van der Waals surface area contributed by atoms with Crippen LogP contribution >= 0.6 is 0 Å². The molecule has 158 valence electrons. The largest absolute Gasteiger partial charge is 0.507 e. The quantitative estimate of drug-likeness (QED) is 0.370.